The summed E-state index contributed by atoms with van der Waals surface area (Å²) in [5.41, 5.74) is 3.59. The summed E-state index contributed by atoms with van der Waals surface area (Å²) in [4.78, 5) is 0. The van der Waals surface area contributed by atoms with Crippen molar-refractivity contribution >= 4 is 5.69 Å². The molecule has 0 spiro atoms. The van der Waals surface area contributed by atoms with Crippen molar-refractivity contribution in [1.82, 2.24) is 0 Å². The van der Waals surface area contributed by atoms with E-state index >= 15 is 0 Å². The number of anilines is 1. The van der Waals surface area contributed by atoms with Crippen LogP contribution in [0.25, 0.3) is 0 Å². The van der Waals surface area contributed by atoms with Gasteiger partial charge in [-0.3, -0.25) is 0 Å². The van der Waals surface area contributed by atoms with E-state index in [1.54, 1.807) is 6.07 Å². The number of aryl methyl sites for hydroxylation is 1. The van der Waals surface area contributed by atoms with Crippen LogP contribution in [-0.2, 0) is 6.42 Å². The molecule has 1 atom stereocenters. The molecular weight excluding hydrogens is 234 g/mol. The molecule has 19 heavy (non-hydrogen) atoms. The standard InChI is InChI=1S/C17H19NO/c19-16-8-4-7-15-14(11-12-18-17(15)16)10-9-13-5-2-1-3-6-13/h1-8,14,18-19H,9-12H2. The minimum absolute atomic E-state index is 0.377. The van der Waals surface area contributed by atoms with Gasteiger partial charge in [-0.05, 0) is 42.4 Å². The van der Waals surface area contributed by atoms with Crippen LogP contribution in [0.15, 0.2) is 48.5 Å². The Morgan fingerprint density at radius 2 is 1.89 bits per heavy atom. The first kappa shape index (κ1) is 12.1. The molecule has 1 aliphatic rings. The normalized spacial score (nSPS) is 17.6. The molecule has 2 N–H and O–H groups in total. The lowest BCUT2D eigenvalue weighted by atomic mass is 9.86. The summed E-state index contributed by atoms with van der Waals surface area (Å²) in [5, 5.41) is 13.2. The van der Waals surface area contributed by atoms with Gasteiger partial charge in [0.2, 0.25) is 0 Å². The van der Waals surface area contributed by atoms with E-state index in [0.717, 1.165) is 31.5 Å². The van der Waals surface area contributed by atoms with Gasteiger partial charge in [-0.2, -0.15) is 0 Å². The number of hydrogen-bond acceptors (Lipinski definition) is 2. The second-order valence-corrected chi connectivity index (χ2v) is 5.18. The summed E-state index contributed by atoms with van der Waals surface area (Å²) in [6, 6.07) is 16.4. The predicted molar refractivity (Wildman–Crippen MR) is 78.7 cm³/mol. The summed E-state index contributed by atoms with van der Waals surface area (Å²) in [6.45, 7) is 0.948. The van der Waals surface area contributed by atoms with E-state index in [4.69, 9.17) is 0 Å². The Bertz CT molecular complexity index is 550. The van der Waals surface area contributed by atoms with E-state index in [0.29, 0.717) is 11.7 Å². The number of phenols is 1. The average molecular weight is 253 g/mol. The van der Waals surface area contributed by atoms with E-state index in [9.17, 15) is 5.11 Å². The Labute approximate surface area is 114 Å². The van der Waals surface area contributed by atoms with Crippen LogP contribution in [0.2, 0.25) is 0 Å². The van der Waals surface area contributed by atoms with Crippen molar-refractivity contribution in [3.63, 3.8) is 0 Å². The third-order valence-corrected chi connectivity index (χ3v) is 3.93. The Hall–Kier alpha value is -1.96. The van der Waals surface area contributed by atoms with Gasteiger partial charge in [-0.1, -0.05) is 42.5 Å². The number of benzene rings is 2. The van der Waals surface area contributed by atoms with E-state index in [1.165, 1.54) is 11.1 Å². The van der Waals surface area contributed by atoms with Crippen LogP contribution in [0.3, 0.4) is 0 Å². The molecule has 0 aromatic heterocycles. The molecule has 3 rings (SSSR count). The van der Waals surface area contributed by atoms with Gasteiger partial charge in [0.05, 0.1) is 5.69 Å². The molecule has 1 unspecified atom stereocenters. The van der Waals surface area contributed by atoms with Gasteiger partial charge < -0.3 is 10.4 Å². The highest BCUT2D eigenvalue weighted by Gasteiger charge is 2.21. The zero-order valence-corrected chi connectivity index (χ0v) is 11.0. The predicted octanol–water partition coefficient (Wildman–Crippen LogP) is 3.92. The van der Waals surface area contributed by atoms with Crippen LogP contribution in [0.5, 0.6) is 5.75 Å². The van der Waals surface area contributed by atoms with Gasteiger partial charge in [-0.25, -0.2) is 0 Å². The number of hydrogen-bond donors (Lipinski definition) is 2. The first-order valence-corrected chi connectivity index (χ1v) is 6.94. The molecule has 1 heterocycles. The van der Waals surface area contributed by atoms with Crippen LogP contribution >= 0.6 is 0 Å². The Kier molecular flexibility index (Phi) is 3.41. The molecule has 0 radical (unpaired) electrons. The topological polar surface area (TPSA) is 32.3 Å². The zero-order valence-electron chi connectivity index (χ0n) is 11.0. The van der Waals surface area contributed by atoms with Crippen LogP contribution in [0, 0.1) is 0 Å². The third-order valence-electron chi connectivity index (χ3n) is 3.93. The van der Waals surface area contributed by atoms with E-state index < -0.39 is 0 Å². The van der Waals surface area contributed by atoms with Crippen molar-refractivity contribution in [3.05, 3.63) is 59.7 Å². The number of fused-ring (bicyclic) bond motifs is 1. The first-order valence-electron chi connectivity index (χ1n) is 6.94. The molecule has 0 amide bonds. The number of nitrogens with one attached hydrogen (secondary N) is 1. The number of phenolic OH excluding ortho intramolecular Hbond substituents is 1. The molecule has 98 valence electrons. The van der Waals surface area contributed by atoms with Gasteiger partial charge in [0.1, 0.15) is 5.75 Å². The van der Waals surface area contributed by atoms with Gasteiger partial charge in [0.15, 0.2) is 0 Å². The highest BCUT2D eigenvalue weighted by molar-refractivity contribution is 5.63. The molecule has 0 saturated heterocycles. The Morgan fingerprint density at radius 3 is 2.74 bits per heavy atom. The summed E-state index contributed by atoms with van der Waals surface area (Å²) in [7, 11) is 0. The van der Waals surface area contributed by atoms with Gasteiger partial charge in [0.25, 0.3) is 0 Å². The largest absolute Gasteiger partial charge is 0.506 e. The number of aromatic hydroxyl groups is 1. The fourth-order valence-electron chi connectivity index (χ4n) is 2.90. The van der Waals surface area contributed by atoms with E-state index in [1.807, 2.05) is 6.07 Å². The van der Waals surface area contributed by atoms with Crippen molar-refractivity contribution in [2.75, 3.05) is 11.9 Å². The average Bonchev–Trinajstić information content (AvgIpc) is 2.47. The minimum atomic E-state index is 0.377. The van der Waals surface area contributed by atoms with E-state index in [-0.39, 0.29) is 0 Å². The maximum Gasteiger partial charge on any atom is 0.138 e. The van der Waals surface area contributed by atoms with Gasteiger partial charge in [-0.15, -0.1) is 0 Å². The lowest BCUT2D eigenvalue weighted by molar-refractivity contribution is 0.471. The molecule has 1 aliphatic heterocycles. The van der Waals surface area contributed by atoms with Crippen LogP contribution in [-0.4, -0.2) is 11.7 Å². The smallest absolute Gasteiger partial charge is 0.138 e. The molecule has 2 aromatic rings. The minimum Gasteiger partial charge on any atom is -0.506 e. The summed E-state index contributed by atoms with van der Waals surface area (Å²) in [5.74, 6) is 0.922. The maximum absolute atomic E-state index is 9.90. The second kappa shape index (κ2) is 5.35. The molecule has 0 aliphatic carbocycles. The molecule has 0 bridgehead atoms. The fourth-order valence-corrected chi connectivity index (χ4v) is 2.90. The molecule has 2 nitrogen and oxygen atoms in total. The van der Waals surface area contributed by atoms with Crippen molar-refractivity contribution in [3.8, 4) is 5.75 Å². The fraction of sp³-hybridized carbons (Fsp3) is 0.294. The monoisotopic (exact) mass is 253 g/mol. The third kappa shape index (κ3) is 2.58. The van der Waals surface area contributed by atoms with Crippen LogP contribution in [0.4, 0.5) is 5.69 Å². The van der Waals surface area contributed by atoms with Gasteiger partial charge >= 0.3 is 0 Å². The quantitative estimate of drug-likeness (QED) is 0.812. The molecule has 2 aromatic carbocycles. The maximum atomic E-state index is 9.90. The van der Waals surface area contributed by atoms with Crippen molar-refractivity contribution < 1.29 is 5.11 Å². The molecule has 0 saturated carbocycles. The zero-order chi connectivity index (χ0) is 13.1. The molecule has 0 fully saturated rings. The Morgan fingerprint density at radius 1 is 1.05 bits per heavy atom. The summed E-state index contributed by atoms with van der Waals surface area (Å²) >= 11 is 0. The number of para-hydroxylation sites is 1. The van der Waals surface area contributed by atoms with Gasteiger partial charge in [0, 0.05) is 6.54 Å². The van der Waals surface area contributed by atoms with Crippen molar-refractivity contribution in [2.24, 2.45) is 0 Å². The van der Waals surface area contributed by atoms with Crippen LogP contribution < -0.4 is 5.32 Å². The highest BCUT2D eigenvalue weighted by Crippen LogP contribution is 2.39. The Balaban J connectivity index is 1.75. The summed E-state index contributed by atoms with van der Waals surface area (Å²) in [6.07, 6.45) is 3.38. The summed E-state index contributed by atoms with van der Waals surface area (Å²) < 4.78 is 0. The number of rotatable bonds is 3. The second-order valence-electron chi connectivity index (χ2n) is 5.18. The molecule has 2 heteroatoms. The van der Waals surface area contributed by atoms with Crippen molar-refractivity contribution in [2.45, 2.75) is 25.2 Å². The van der Waals surface area contributed by atoms with Crippen molar-refractivity contribution in [1.29, 1.82) is 0 Å². The van der Waals surface area contributed by atoms with E-state index in [2.05, 4.69) is 41.7 Å². The highest BCUT2D eigenvalue weighted by atomic mass is 16.3. The molecular formula is C17H19NO. The lowest BCUT2D eigenvalue weighted by Gasteiger charge is -2.27. The first-order chi connectivity index (χ1) is 9.34. The van der Waals surface area contributed by atoms with Crippen LogP contribution in [0.1, 0.15) is 29.9 Å². The lowest BCUT2D eigenvalue weighted by Crippen LogP contribution is -2.17. The SMILES string of the molecule is Oc1cccc2c1NCCC2CCc1ccccc1.